The fourth-order valence-corrected chi connectivity index (χ4v) is 2.83. The van der Waals surface area contributed by atoms with Crippen molar-refractivity contribution in [1.29, 1.82) is 0 Å². The van der Waals surface area contributed by atoms with Crippen molar-refractivity contribution >= 4 is 41.9 Å². The molecule has 0 aliphatic carbocycles. The van der Waals surface area contributed by atoms with Gasteiger partial charge in [-0.2, -0.15) is 4.98 Å². The number of rotatable bonds is 3. The number of hydrogen-bond donors (Lipinski definition) is 4. The molecule has 4 N–H and O–H groups in total. The molecule has 3 heterocycles. The predicted molar refractivity (Wildman–Crippen MR) is 76.0 cm³/mol. The Kier molecular flexibility index (Phi) is 3.57. The fraction of sp³-hybridized carbons (Fsp3) is 0.333. The number of nitrogens with two attached hydrogens (primary N) is 1. The monoisotopic (exact) mass is 347 g/mol. The number of nitrogens with zero attached hydrogens (tertiary/aromatic N) is 3. The van der Waals surface area contributed by atoms with Gasteiger partial charge in [0.1, 0.15) is 0 Å². The first kappa shape index (κ1) is 15.2. The number of H-pyrrole nitrogens is 1. The number of hydrogen-bond acceptors (Lipinski definition) is 8. The van der Waals surface area contributed by atoms with Crippen LogP contribution in [-0.4, -0.2) is 36.5 Å². The topological polar surface area (TPSA) is 162 Å². The maximum absolute atomic E-state index is 12.0. The summed E-state index contributed by atoms with van der Waals surface area (Å²) in [5.41, 5.74) is 4.94. The van der Waals surface area contributed by atoms with Crippen LogP contribution in [0.1, 0.15) is 12.6 Å². The van der Waals surface area contributed by atoms with E-state index < -0.39 is 30.7 Å². The average Bonchev–Trinajstić information content (AvgIpc) is 2.90. The highest BCUT2D eigenvalue weighted by molar-refractivity contribution is 8.44. The van der Waals surface area contributed by atoms with Gasteiger partial charge in [-0.3, -0.25) is 23.7 Å². The third-order valence-electron chi connectivity index (χ3n) is 2.88. The number of Topliss-reactive ketones (excluding diaryl/α,β-unsaturated/α-hetero) is 1. The molecule has 13 heteroatoms. The second-order valence-corrected chi connectivity index (χ2v) is 7.17. The number of ketones is 1. The summed E-state index contributed by atoms with van der Waals surface area (Å²) in [6.07, 6.45) is -1.49. The molecule has 118 valence electrons. The van der Waals surface area contributed by atoms with Crippen LogP contribution in [0.15, 0.2) is 11.1 Å². The van der Waals surface area contributed by atoms with E-state index in [1.54, 1.807) is 0 Å². The SMILES string of the molecule is Nc1nc2c(ncn2[C@@H]2O[C@H](OP(=O)(O)S)CC2=O)c(=O)[nH]1. The van der Waals surface area contributed by atoms with Gasteiger partial charge in [-0.1, -0.05) is 12.2 Å². The van der Waals surface area contributed by atoms with E-state index in [2.05, 4.69) is 31.7 Å². The van der Waals surface area contributed by atoms with E-state index in [4.69, 9.17) is 15.4 Å². The molecule has 22 heavy (non-hydrogen) atoms. The third kappa shape index (κ3) is 2.78. The van der Waals surface area contributed by atoms with E-state index in [-0.39, 0.29) is 23.5 Å². The quantitative estimate of drug-likeness (QED) is 0.426. The number of carbonyl (C=O) groups is 1. The normalized spacial score (nSPS) is 24.7. The van der Waals surface area contributed by atoms with E-state index >= 15 is 0 Å². The molecule has 1 aliphatic rings. The molecule has 1 fully saturated rings. The van der Waals surface area contributed by atoms with Crippen molar-refractivity contribution in [1.82, 2.24) is 19.5 Å². The molecule has 1 unspecified atom stereocenters. The Labute approximate surface area is 127 Å². The van der Waals surface area contributed by atoms with Crippen molar-refractivity contribution < 1.29 is 23.5 Å². The van der Waals surface area contributed by atoms with Crippen LogP contribution in [0.5, 0.6) is 0 Å². The lowest BCUT2D eigenvalue weighted by Crippen LogP contribution is -2.17. The molecular weight excluding hydrogens is 337 g/mol. The van der Waals surface area contributed by atoms with Crippen molar-refractivity contribution in [3.63, 3.8) is 0 Å². The van der Waals surface area contributed by atoms with Crippen molar-refractivity contribution in [2.45, 2.75) is 18.9 Å². The molecule has 1 saturated heterocycles. The summed E-state index contributed by atoms with van der Waals surface area (Å²) in [6, 6.07) is 0. The zero-order valence-corrected chi connectivity index (χ0v) is 12.5. The molecular formula is C9H10N5O6PS. The van der Waals surface area contributed by atoms with Crippen LogP contribution in [0, 0.1) is 0 Å². The van der Waals surface area contributed by atoms with Gasteiger partial charge >= 0.3 is 6.80 Å². The van der Waals surface area contributed by atoms with Crippen molar-refractivity contribution in [2.75, 3.05) is 5.73 Å². The number of carbonyl (C=O) groups excluding carboxylic acids is 1. The van der Waals surface area contributed by atoms with Crippen LogP contribution in [-0.2, 0) is 18.6 Å². The molecule has 0 saturated carbocycles. The van der Waals surface area contributed by atoms with E-state index in [1.807, 2.05) is 0 Å². The first-order valence-electron chi connectivity index (χ1n) is 5.89. The van der Waals surface area contributed by atoms with Crippen LogP contribution >= 0.6 is 19.0 Å². The second-order valence-electron chi connectivity index (χ2n) is 4.46. The van der Waals surface area contributed by atoms with Gasteiger partial charge in [0, 0.05) is 0 Å². The van der Waals surface area contributed by atoms with Crippen LogP contribution in [0.2, 0.25) is 0 Å². The van der Waals surface area contributed by atoms with Crippen molar-refractivity contribution in [2.24, 2.45) is 0 Å². The molecule has 0 spiro atoms. The van der Waals surface area contributed by atoms with Crippen molar-refractivity contribution in [3.8, 4) is 0 Å². The van der Waals surface area contributed by atoms with Gasteiger partial charge in [0.2, 0.25) is 5.95 Å². The number of nitrogens with one attached hydrogen (secondary N) is 1. The minimum Gasteiger partial charge on any atom is -0.369 e. The molecule has 0 radical (unpaired) electrons. The molecule has 2 aromatic heterocycles. The van der Waals surface area contributed by atoms with E-state index in [1.165, 1.54) is 10.9 Å². The number of ether oxygens (including phenoxy) is 1. The highest BCUT2D eigenvalue weighted by atomic mass is 32.7. The first-order valence-corrected chi connectivity index (χ1v) is 8.62. The van der Waals surface area contributed by atoms with Gasteiger partial charge in [-0.05, 0) is 0 Å². The molecule has 1 aliphatic heterocycles. The lowest BCUT2D eigenvalue weighted by Gasteiger charge is -2.14. The van der Waals surface area contributed by atoms with Gasteiger partial charge in [-0.25, -0.2) is 9.55 Å². The molecule has 3 atom stereocenters. The molecule has 2 aromatic rings. The number of imidazole rings is 1. The minimum absolute atomic E-state index is 0.0167. The third-order valence-corrected chi connectivity index (χ3v) is 3.67. The van der Waals surface area contributed by atoms with Gasteiger partial charge in [-0.15, -0.1) is 0 Å². The Bertz CT molecular complexity index is 858. The standard InChI is InChI=1S/C9H10N5O6PS/c10-9-12-6-5(7(16)13-9)11-2-14(6)8-3(15)1-4(19-8)20-21(17,18)22/h2,4,8H,1H2,(H2,17,18,22)(H3,10,12,13,16)/t4-,8-/m1/s1. The average molecular weight is 347 g/mol. The van der Waals surface area contributed by atoms with Gasteiger partial charge in [0.15, 0.2) is 29.5 Å². The van der Waals surface area contributed by atoms with E-state index in [9.17, 15) is 14.2 Å². The summed E-state index contributed by atoms with van der Waals surface area (Å²) in [6.45, 7) is -4.11. The van der Waals surface area contributed by atoms with Gasteiger partial charge in [0.25, 0.3) is 5.56 Å². The molecule has 0 amide bonds. The van der Waals surface area contributed by atoms with Crippen LogP contribution in [0.25, 0.3) is 11.2 Å². The van der Waals surface area contributed by atoms with Gasteiger partial charge in [0.05, 0.1) is 12.7 Å². The summed E-state index contributed by atoms with van der Waals surface area (Å²) >= 11 is 3.35. The zero-order valence-electron chi connectivity index (χ0n) is 10.7. The minimum atomic E-state index is -4.11. The number of anilines is 1. The smallest absolute Gasteiger partial charge is 0.369 e. The first-order chi connectivity index (χ1) is 10.2. The predicted octanol–water partition coefficient (Wildman–Crippen LogP) is -0.437. The summed E-state index contributed by atoms with van der Waals surface area (Å²) in [4.78, 5) is 42.7. The number of nitrogen functional groups attached to an aromatic ring is 1. The number of thiol groups is 1. The highest BCUT2D eigenvalue weighted by Crippen LogP contribution is 2.50. The van der Waals surface area contributed by atoms with Crippen LogP contribution in [0.4, 0.5) is 5.95 Å². The number of aromatic nitrogens is 4. The maximum Gasteiger partial charge on any atom is 0.385 e. The second kappa shape index (κ2) is 5.18. The largest absolute Gasteiger partial charge is 0.385 e. The Morgan fingerprint density at radius 3 is 3.00 bits per heavy atom. The molecule has 0 bridgehead atoms. The number of aromatic amines is 1. The van der Waals surface area contributed by atoms with E-state index in [0.29, 0.717) is 0 Å². The van der Waals surface area contributed by atoms with Crippen LogP contribution in [0.3, 0.4) is 0 Å². The summed E-state index contributed by atoms with van der Waals surface area (Å²) in [7, 11) is 0. The zero-order chi connectivity index (χ0) is 16.1. The van der Waals surface area contributed by atoms with Gasteiger partial charge < -0.3 is 15.4 Å². The Morgan fingerprint density at radius 1 is 1.59 bits per heavy atom. The fourth-order valence-electron chi connectivity index (χ4n) is 2.08. The highest BCUT2D eigenvalue weighted by Gasteiger charge is 2.39. The number of fused-ring (bicyclic) bond motifs is 1. The summed E-state index contributed by atoms with van der Waals surface area (Å²) in [5, 5.41) is 0. The summed E-state index contributed by atoms with van der Waals surface area (Å²) in [5.74, 6) is -0.584. The Balaban J connectivity index is 1.97. The molecule has 3 rings (SSSR count). The van der Waals surface area contributed by atoms with Crippen molar-refractivity contribution in [3.05, 3.63) is 16.7 Å². The maximum atomic E-state index is 12.0. The van der Waals surface area contributed by atoms with E-state index in [0.717, 1.165) is 0 Å². The summed E-state index contributed by atoms with van der Waals surface area (Å²) < 4.78 is 22.2. The van der Waals surface area contributed by atoms with Crippen LogP contribution < -0.4 is 11.3 Å². The molecule has 0 aromatic carbocycles. The lowest BCUT2D eigenvalue weighted by atomic mass is 10.3. The Hall–Kier alpha value is -1.72. The Morgan fingerprint density at radius 2 is 2.32 bits per heavy atom. The lowest BCUT2D eigenvalue weighted by molar-refractivity contribution is -0.132. The molecule has 11 nitrogen and oxygen atoms in total.